The van der Waals surface area contributed by atoms with Crippen LogP contribution in [0.2, 0.25) is 0 Å². The van der Waals surface area contributed by atoms with Crippen molar-refractivity contribution < 1.29 is 18.6 Å². The lowest BCUT2D eigenvalue weighted by molar-refractivity contribution is -0.172. The van der Waals surface area contributed by atoms with Crippen LogP contribution >= 0.6 is 0 Å². The van der Waals surface area contributed by atoms with Crippen LogP contribution in [-0.4, -0.2) is 43.9 Å². The van der Waals surface area contributed by atoms with Crippen molar-refractivity contribution in [3.63, 3.8) is 0 Å². The maximum Gasteiger partial charge on any atom is 0.130 e. The number of hydrogen-bond donors (Lipinski definition) is 1. The number of nitrogens with zero attached hydrogens (tertiary/aromatic N) is 1. The van der Waals surface area contributed by atoms with Crippen LogP contribution in [0.25, 0.3) is 0 Å². The minimum atomic E-state index is -0.600. The van der Waals surface area contributed by atoms with Crippen LogP contribution in [0.1, 0.15) is 11.6 Å². The van der Waals surface area contributed by atoms with Gasteiger partial charge in [0, 0.05) is 17.7 Å². The summed E-state index contributed by atoms with van der Waals surface area (Å²) in [6, 6.07) is 3.21. The number of aliphatic hydroxyl groups is 1. The van der Waals surface area contributed by atoms with E-state index in [1.165, 1.54) is 12.1 Å². The van der Waals surface area contributed by atoms with Crippen molar-refractivity contribution in [2.24, 2.45) is 5.41 Å². The highest BCUT2D eigenvalue weighted by Gasteiger charge is 2.47. The molecule has 0 aromatic heterocycles. The zero-order chi connectivity index (χ0) is 13.3. The van der Waals surface area contributed by atoms with Gasteiger partial charge in [-0.05, 0) is 20.2 Å². The molecule has 0 radical (unpaired) electrons. The van der Waals surface area contributed by atoms with Gasteiger partial charge in [-0.2, -0.15) is 0 Å². The van der Waals surface area contributed by atoms with E-state index < -0.39 is 17.0 Å². The number of ether oxygens (including phenoxy) is 1. The fourth-order valence-corrected chi connectivity index (χ4v) is 2.58. The number of hydrogen-bond acceptors (Lipinski definition) is 3. The summed E-state index contributed by atoms with van der Waals surface area (Å²) in [5.74, 6) is -1.19. The summed E-state index contributed by atoms with van der Waals surface area (Å²) >= 11 is 0. The van der Waals surface area contributed by atoms with E-state index in [0.717, 1.165) is 6.07 Å². The fraction of sp³-hybridized carbons (Fsp3) is 0.538. The summed E-state index contributed by atoms with van der Waals surface area (Å²) in [5.41, 5.74) is -0.124. The topological polar surface area (TPSA) is 32.7 Å². The largest absolute Gasteiger partial charge is 0.396 e. The van der Waals surface area contributed by atoms with Gasteiger partial charge in [-0.3, -0.25) is 0 Å². The lowest BCUT2D eigenvalue weighted by atomic mass is 9.75. The monoisotopic (exact) mass is 257 g/mol. The second-order valence-electron chi connectivity index (χ2n) is 5.05. The molecule has 1 fully saturated rings. The minimum Gasteiger partial charge on any atom is -0.396 e. The highest BCUT2D eigenvalue weighted by molar-refractivity contribution is 5.25. The van der Waals surface area contributed by atoms with Gasteiger partial charge < -0.3 is 14.7 Å². The first kappa shape index (κ1) is 13.4. The van der Waals surface area contributed by atoms with E-state index in [-0.39, 0.29) is 12.6 Å². The van der Waals surface area contributed by atoms with Gasteiger partial charge in [0.15, 0.2) is 0 Å². The van der Waals surface area contributed by atoms with Crippen LogP contribution in [0.5, 0.6) is 0 Å². The van der Waals surface area contributed by atoms with Gasteiger partial charge >= 0.3 is 0 Å². The minimum absolute atomic E-state index is 0.0906. The molecule has 1 aromatic rings. The first-order valence-electron chi connectivity index (χ1n) is 5.80. The van der Waals surface area contributed by atoms with Gasteiger partial charge in [-0.25, -0.2) is 8.78 Å². The summed E-state index contributed by atoms with van der Waals surface area (Å²) in [6.45, 7) is 0.666. The van der Waals surface area contributed by atoms with Gasteiger partial charge in [0.1, 0.15) is 11.6 Å². The van der Waals surface area contributed by atoms with Crippen LogP contribution in [-0.2, 0) is 4.74 Å². The average Bonchev–Trinajstić information content (AvgIpc) is 2.24. The Morgan fingerprint density at radius 2 is 2.06 bits per heavy atom. The second kappa shape index (κ2) is 4.91. The Hall–Kier alpha value is -1.04. The van der Waals surface area contributed by atoms with Crippen molar-refractivity contribution in [2.75, 3.05) is 33.9 Å². The predicted molar refractivity (Wildman–Crippen MR) is 63.1 cm³/mol. The first-order valence-corrected chi connectivity index (χ1v) is 5.80. The SMILES string of the molecule is CN(C)C(c1ccc(F)cc1F)C1(CO)COC1. The third-order valence-corrected chi connectivity index (χ3v) is 3.45. The molecule has 1 aliphatic rings. The van der Waals surface area contributed by atoms with E-state index in [9.17, 15) is 13.9 Å². The van der Waals surface area contributed by atoms with Gasteiger partial charge in [-0.1, -0.05) is 6.07 Å². The molecule has 0 amide bonds. The quantitative estimate of drug-likeness (QED) is 0.889. The van der Waals surface area contributed by atoms with Crippen molar-refractivity contribution in [2.45, 2.75) is 6.04 Å². The molecule has 0 bridgehead atoms. The van der Waals surface area contributed by atoms with Crippen molar-refractivity contribution in [3.05, 3.63) is 35.4 Å². The molecule has 18 heavy (non-hydrogen) atoms. The molecule has 2 rings (SSSR count). The van der Waals surface area contributed by atoms with Gasteiger partial charge in [0.2, 0.25) is 0 Å². The highest BCUT2D eigenvalue weighted by atomic mass is 19.1. The van der Waals surface area contributed by atoms with E-state index in [1.54, 1.807) is 0 Å². The molecule has 1 N–H and O–H groups in total. The smallest absolute Gasteiger partial charge is 0.130 e. The zero-order valence-electron chi connectivity index (χ0n) is 10.5. The zero-order valence-corrected chi connectivity index (χ0v) is 10.5. The highest BCUT2D eigenvalue weighted by Crippen LogP contribution is 2.43. The molecule has 5 heteroatoms. The van der Waals surface area contributed by atoms with Gasteiger partial charge in [0.05, 0.1) is 25.2 Å². The molecule has 0 aliphatic carbocycles. The standard InChI is InChI=1S/C13H17F2NO2/c1-16(2)12(13(6-17)7-18-8-13)10-4-3-9(14)5-11(10)15/h3-5,12,17H,6-8H2,1-2H3. The summed E-state index contributed by atoms with van der Waals surface area (Å²) in [5, 5.41) is 9.56. The Morgan fingerprint density at radius 3 is 2.44 bits per heavy atom. The van der Waals surface area contributed by atoms with Crippen molar-refractivity contribution in [1.82, 2.24) is 4.90 Å². The third kappa shape index (κ3) is 2.13. The molecule has 0 spiro atoms. The summed E-state index contributed by atoms with van der Waals surface area (Å²) in [6.07, 6.45) is 0. The molecule has 1 aliphatic heterocycles. The molecular formula is C13H17F2NO2. The molecule has 100 valence electrons. The van der Waals surface area contributed by atoms with Crippen LogP contribution in [0.4, 0.5) is 8.78 Å². The average molecular weight is 257 g/mol. The summed E-state index contributed by atoms with van der Waals surface area (Å²) < 4.78 is 32.0. The summed E-state index contributed by atoms with van der Waals surface area (Å²) in [7, 11) is 3.62. The van der Waals surface area contributed by atoms with E-state index in [1.807, 2.05) is 19.0 Å². The molecule has 0 saturated carbocycles. The van der Waals surface area contributed by atoms with E-state index in [2.05, 4.69) is 0 Å². The second-order valence-corrected chi connectivity index (χ2v) is 5.05. The first-order chi connectivity index (χ1) is 8.50. The van der Waals surface area contributed by atoms with Gasteiger partial charge in [-0.15, -0.1) is 0 Å². The molecule has 1 saturated heterocycles. The van der Waals surface area contributed by atoms with Crippen molar-refractivity contribution in [3.8, 4) is 0 Å². The Morgan fingerprint density at radius 1 is 1.39 bits per heavy atom. The van der Waals surface area contributed by atoms with Gasteiger partial charge in [0.25, 0.3) is 0 Å². The Labute approximate surface area is 105 Å². The number of aliphatic hydroxyl groups excluding tert-OH is 1. The van der Waals surface area contributed by atoms with Crippen LogP contribution in [0.15, 0.2) is 18.2 Å². The van der Waals surface area contributed by atoms with Crippen molar-refractivity contribution >= 4 is 0 Å². The number of rotatable bonds is 4. The summed E-state index contributed by atoms with van der Waals surface area (Å²) in [4.78, 5) is 1.83. The normalized spacial score (nSPS) is 19.7. The molecular weight excluding hydrogens is 240 g/mol. The molecule has 1 heterocycles. The maximum absolute atomic E-state index is 13.9. The fourth-order valence-electron chi connectivity index (χ4n) is 2.58. The van der Waals surface area contributed by atoms with E-state index in [4.69, 9.17) is 4.74 Å². The lowest BCUT2D eigenvalue weighted by Gasteiger charge is -2.48. The molecule has 1 atom stereocenters. The number of benzene rings is 1. The maximum atomic E-state index is 13.9. The molecule has 1 unspecified atom stereocenters. The van der Waals surface area contributed by atoms with Crippen molar-refractivity contribution in [1.29, 1.82) is 0 Å². The third-order valence-electron chi connectivity index (χ3n) is 3.45. The Balaban J connectivity index is 2.41. The Kier molecular flexibility index (Phi) is 3.66. The molecule has 1 aromatic carbocycles. The van der Waals surface area contributed by atoms with Crippen LogP contribution in [0, 0.1) is 17.0 Å². The van der Waals surface area contributed by atoms with Crippen LogP contribution < -0.4 is 0 Å². The number of halogens is 2. The predicted octanol–water partition coefficient (Wildman–Crippen LogP) is 1.58. The lowest BCUT2D eigenvalue weighted by Crippen LogP contribution is -2.54. The van der Waals surface area contributed by atoms with E-state index >= 15 is 0 Å². The molecule has 3 nitrogen and oxygen atoms in total. The Bertz CT molecular complexity index is 427. The van der Waals surface area contributed by atoms with Crippen LogP contribution in [0.3, 0.4) is 0 Å². The van der Waals surface area contributed by atoms with E-state index in [0.29, 0.717) is 18.8 Å².